The third kappa shape index (κ3) is 4.86. The molecule has 0 amide bonds. The van der Waals surface area contributed by atoms with Crippen molar-refractivity contribution in [1.29, 1.82) is 0 Å². The quantitative estimate of drug-likeness (QED) is 0.431. The molecule has 2 rings (SSSR count). The van der Waals surface area contributed by atoms with Crippen LogP contribution < -0.4 is 4.74 Å². The molecule has 5 heteroatoms. The van der Waals surface area contributed by atoms with Crippen LogP contribution in [-0.2, 0) is 11.4 Å². The number of hydrogen-bond acceptors (Lipinski definition) is 5. The van der Waals surface area contributed by atoms with E-state index in [9.17, 15) is 0 Å². The molecule has 2 aromatic rings. The third-order valence-electron chi connectivity index (χ3n) is 3.78. The van der Waals surface area contributed by atoms with Crippen molar-refractivity contribution in [3.63, 3.8) is 0 Å². The van der Waals surface area contributed by atoms with Crippen LogP contribution in [0, 0.1) is 13.8 Å². The normalized spacial score (nSPS) is 12.2. The molecule has 0 spiro atoms. The van der Waals surface area contributed by atoms with Crippen molar-refractivity contribution in [3.8, 4) is 5.75 Å². The Balaban J connectivity index is 2.34. The molecule has 0 unspecified atom stereocenters. The van der Waals surface area contributed by atoms with E-state index in [2.05, 4.69) is 35.3 Å². The van der Waals surface area contributed by atoms with Crippen molar-refractivity contribution in [3.05, 3.63) is 64.7 Å². The summed E-state index contributed by atoms with van der Waals surface area (Å²) in [5, 5.41) is 5.01. The maximum absolute atomic E-state index is 6.08. The average molecular weight is 356 g/mol. The van der Waals surface area contributed by atoms with Crippen LogP contribution in [0.5, 0.6) is 5.75 Å². The van der Waals surface area contributed by atoms with Crippen molar-refractivity contribution in [2.75, 3.05) is 20.4 Å². The molecule has 4 nitrogen and oxygen atoms in total. The van der Waals surface area contributed by atoms with E-state index in [1.54, 1.807) is 14.2 Å². The second-order valence-corrected chi connectivity index (χ2v) is 6.37. The van der Waals surface area contributed by atoms with E-state index < -0.39 is 0 Å². The van der Waals surface area contributed by atoms with E-state index in [-0.39, 0.29) is 0 Å². The molecule has 0 aliphatic heterocycles. The van der Waals surface area contributed by atoms with Gasteiger partial charge in [0.05, 0.1) is 0 Å². The molecule has 0 atom stereocenters. The van der Waals surface area contributed by atoms with Gasteiger partial charge < -0.3 is 9.57 Å². The van der Waals surface area contributed by atoms with Gasteiger partial charge in [-0.05, 0) is 42.9 Å². The number of ether oxygens (including phenoxy) is 1. The van der Waals surface area contributed by atoms with Crippen LogP contribution in [0.15, 0.2) is 52.6 Å². The minimum Gasteiger partial charge on any atom is -0.489 e. The van der Waals surface area contributed by atoms with Gasteiger partial charge in [-0.3, -0.25) is 4.99 Å². The van der Waals surface area contributed by atoms with E-state index in [4.69, 9.17) is 9.57 Å². The number of nitrogens with zero attached hydrogens (tertiary/aromatic N) is 2. The summed E-state index contributed by atoms with van der Waals surface area (Å²) < 4.78 is 6.08. The summed E-state index contributed by atoms with van der Waals surface area (Å²) in [5.74, 6) is 0.897. The van der Waals surface area contributed by atoms with E-state index in [0.717, 1.165) is 33.2 Å². The number of rotatable bonds is 6. The van der Waals surface area contributed by atoms with Crippen molar-refractivity contribution >= 4 is 22.5 Å². The zero-order chi connectivity index (χ0) is 18.2. The Morgan fingerprint density at radius 3 is 2.56 bits per heavy atom. The summed E-state index contributed by atoms with van der Waals surface area (Å²) in [7, 11) is 3.30. The first-order chi connectivity index (χ1) is 12.1. The number of aryl methyl sites for hydroxylation is 2. The van der Waals surface area contributed by atoms with E-state index >= 15 is 0 Å². The Morgan fingerprint density at radius 2 is 1.88 bits per heavy atom. The van der Waals surface area contributed by atoms with Gasteiger partial charge >= 0.3 is 0 Å². The third-order valence-corrected chi connectivity index (χ3v) is 4.54. The summed E-state index contributed by atoms with van der Waals surface area (Å²) in [5.41, 5.74) is 5.02. The highest BCUT2D eigenvalue weighted by molar-refractivity contribution is 8.15. The van der Waals surface area contributed by atoms with Crippen LogP contribution in [0.2, 0.25) is 0 Å². The van der Waals surface area contributed by atoms with Crippen LogP contribution in [0.3, 0.4) is 0 Å². The number of aliphatic imine (C=N–C) groups is 1. The molecule has 132 valence electrons. The van der Waals surface area contributed by atoms with Crippen molar-refractivity contribution < 1.29 is 9.57 Å². The molecule has 0 heterocycles. The number of hydrogen-bond donors (Lipinski definition) is 0. The first kappa shape index (κ1) is 19.1. The molecule has 0 bridgehead atoms. The molecule has 0 saturated carbocycles. The molecule has 0 fully saturated rings. The fraction of sp³-hybridized carbons (Fsp3) is 0.300. The molecular weight excluding hydrogens is 332 g/mol. The first-order valence-electron chi connectivity index (χ1n) is 8.01. The maximum atomic E-state index is 6.08. The Kier molecular flexibility index (Phi) is 7.07. The van der Waals surface area contributed by atoms with Gasteiger partial charge in [-0.15, -0.1) is 11.8 Å². The summed E-state index contributed by atoms with van der Waals surface area (Å²) in [6.45, 7) is 4.56. The van der Waals surface area contributed by atoms with E-state index in [1.807, 2.05) is 37.4 Å². The predicted octanol–water partition coefficient (Wildman–Crippen LogP) is 4.62. The van der Waals surface area contributed by atoms with Gasteiger partial charge in [-0.1, -0.05) is 41.6 Å². The van der Waals surface area contributed by atoms with Gasteiger partial charge in [0.25, 0.3) is 0 Å². The maximum Gasteiger partial charge on any atom is 0.142 e. The molecule has 25 heavy (non-hydrogen) atoms. The minimum absolute atomic E-state index is 0.453. The topological polar surface area (TPSA) is 43.2 Å². The van der Waals surface area contributed by atoms with Crippen molar-refractivity contribution in [2.45, 2.75) is 20.5 Å². The molecular formula is C20H24N2O2S. The number of benzene rings is 2. The summed E-state index contributed by atoms with van der Waals surface area (Å²) in [4.78, 5) is 9.36. The lowest BCUT2D eigenvalue weighted by Gasteiger charge is -2.14. The molecule has 0 aliphatic carbocycles. The lowest BCUT2D eigenvalue weighted by atomic mass is 10.0. The largest absolute Gasteiger partial charge is 0.489 e. The minimum atomic E-state index is 0.453. The van der Waals surface area contributed by atoms with Gasteiger partial charge in [-0.25, -0.2) is 0 Å². The van der Waals surface area contributed by atoms with Crippen molar-refractivity contribution in [1.82, 2.24) is 0 Å². The van der Waals surface area contributed by atoms with Gasteiger partial charge in [-0.2, -0.15) is 0 Å². The lowest BCUT2D eigenvalue weighted by Crippen LogP contribution is -2.16. The predicted molar refractivity (Wildman–Crippen MR) is 107 cm³/mol. The number of oxime groups is 1. The summed E-state index contributed by atoms with van der Waals surface area (Å²) >= 11 is 1.54. The second-order valence-electron chi connectivity index (χ2n) is 5.57. The Morgan fingerprint density at radius 1 is 1.12 bits per heavy atom. The molecule has 2 aromatic carbocycles. The fourth-order valence-electron chi connectivity index (χ4n) is 2.48. The zero-order valence-corrected chi connectivity index (χ0v) is 16.2. The second kappa shape index (κ2) is 9.28. The van der Waals surface area contributed by atoms with Crippen LogP contribution in [0.1, 0.15) is 22.3 Å². The van der Waals surface area contributed by atoms with Gasteiger partial charge in [0.2, 0.25) is 0 Å². The summed E-state index contributed by atoms with van der Waals surface area (Å²) in [6, 6.07) is 14.3. The SMILES string of the molecule is CN=C(SC)C(=NOC)c1ccccc1COc1cc(C)ccc1C. The van der Waals surface area contributed by atoms with Gasteiger partial charge in [0.15, 0.2) is 0 Å². The Bertz CT molecular complexity index is 785. The van der Waals surface area contributed by atoms with E-state index in [0.29, 0.717) is 6.61 Å². The highest BCUT2D eigenvalue weighted by Gasteiger charge is 2.16. The Hall–Kier alpha value is -2.27. The fourth-order valence-corrected chi connectivity index (χ4v) is 3.01. The lowest BCUT2D eigenvalue weighted by molar-refractivity contribution is 0.214. The van der Waals surface area contributed by atoms with Crippen molar-refractivity contribution in [2.24, 2.45) is 10.1 Å². The number of thioether (sulfide) groups is 1. The molecule has 0 aromatic heterocycles. The first-order valence-corrected chi connectivity index (χ1v) is 9.23. The Labute approximate surface area is 154 Å². The monoisotopic (exact) mass is 356 g/mol. The standard InChI is InChI=1S/C20H24N2O2S/c1-14-10-11-15(2)18(12-14)24-13-16-8-6-7-9-17(16)19(22-23-4)20(21-3)25-5/h6-12H,13H2,1-5H3. The van der Waals surface area contributed by atoms with Crippen LogP contribution in [-0.4, -0.2) is 31.2 Å². The molecule has 0 saturated heterocycles. The van der Waals surface area contributed by atoms with E-state index in [1.165, 1.54) is 17.3 Å². The summed E-state index contributed by atoms with van der Waals surface area (Å²) in [6.07, 6.45) is 1.97. The van der Waals surface area contributed by atoms with Gasteiger partial charge in [0, 0.05) is 12.6 Å². The van der Waals surface area contributed by atoms with Crippen LogP contribution in [0.4, 0.5) is 0 Å². The highest BCUT2D eigenvalue weighted by atomic mass is 32.2. The smallest absolute Gasteiger partial charge is 0.142 e. The molecule has 0 N–H and O–H groups in total. The molecule has 0 aliphatic rings. The average Bonchev–Trinajstić information content (AvgIpc) is 2.63. The molecule has 0 radical (unpaired) electrons. The highest BCUT2D eigenvalue weighted by Crippen LogP contribution is 2.22. The van der Waals surface area contributed by atoms with Crippen LogP contribution >= 0.6 is 11.8 Å². The van der Waals surface area contributed by atoms with Gasteiger partial charge in [0.1, 0.15) is 30.2 Å². The zero-order valence-electron chi connectivity index (χ0n) is 15.4. The van der Waals surface area contributed by atoms with Crippen LogP contribution in [0.25, 0.3) is 0 Å².